The monoisotopic (exact) mass is 315 g/mol. The maximum Gasteiger partial charge on any atom is 0.416 e. The third kappa shape index (κ3) is 3.66. The summed E-state index contributed by atoms with van der Waals surface area (Å²) < 4.78 is 80.4. The minimum Gasteiger partial charge on any atom is -0.467 e. The molecule has 0 aliphatic carbocycles. The Hall–Kier alpha value is -1.77. The third-order valence-corrected chi connectivity index (χ3v) is 2.80. The highest BCUT2D eigenvalue weighted by atomic mass is 19.4. The van der Waals surface area contributed by atoms with Crippen LogP contribution in [0, 0.1) is 0 Å². The standard InChI is InChI=1S/C12H11F6NO2/c1-10(19,9(20)21-2)6-3-7(11(13,14)15)5-8(4-6)12(16,17)18/h3-5H,19H2,1-2H3. The summed E-state index contributed by atoms with van der Waals surface area (Å²) in [6.07, 6.45) is -10.0. The summed E-state index contributed by atoms with van der Waals surface area (Å²) in [6, 6.07) is 0.745. The van der Waals surface area contributed by atoms with Crippen LogP contribution in [-0.2, 0) is 27.4 Å². The van der Waals surface area contributed by atoms with Gasteiger partial charge in [0.2, 0.25) is 0 Å². The van der Waals surface area contributed by atoms with Crippen molar-refractivity contribution < 1.29 is 35.9 Å². The molecule has 1 aromatic rings. The lowest BCUT2D eigenvalue weighted by atomic mass is 9.90. The Morgan fingerprint density at radius 1 is 0.952 bits per heavy atom. The van der Waals surface area contributed by atoms with Crippen LogP contribution in [0.1, 0.15) is 23.6 Å². The Labute approximate surface area is 115 Å². The smallest absolute Gasteiger partial charge is 0.416 e. The lowest BCUT2D eigenvalue weighted by molar-refractivity contribution is -0.148. The van der Waals surface area contributed by atoms with E-state index in [0.29, 0.717) is 12.1 Å². The van der Waals surface area contributed by atoms with Crippen LogP contribution in [0.3, 0.4) is 0 Å². The second kappa shape index (κ2) is 5.21. The summed E-state index contributed by atoms with van der Waals surface area (Å²) in [5.41, 5.74) is -0.374. The Balaban J connectivity index is 3.57. The number of benzene rings is 1. The number of hydrogen-bond donors (Lipinski definition) is 1. The Bertz CT molecular complexity index is 515. The minimum absolute atomic E-state index is 0.0448. The van der Waals surface area contributed by atoms with Crippen LogP contribution in [0.15, 0.2) is 18.2 Å². The molecule has 0 amide bonds. The Morgan fingerprint density at radius 2 is 1.29 bits per heavy atom. The van der Waals surface area contributed by atoms with Crippen molar-refractivity contribution in [3.8, 4) is 0 Å². The molecule has 0 aliphatic rings. The van der Waals surface area contributed by atoms with E-state index < -0.39 is 40.6 Å². The van der Waals surface area contributed by atoms with Crippen molar-refractivity contribution in [2.24, 2.45) is 5.73 Å². The number of halogens is 6. The molecular formula is C12H11F6NO2. The third-order valence-electron chi connectivity index (χ3n) is 2.80. The Morgan fingerprint density at radius 3 is 1.57 bits per heavy atom. The van der Waals surface area contributed by atoms with E-state index in [2.05, 4.69) is 4.74 Å². The van der Waals surface area contributed by atoms with Crippen molar-refractivity contribution >= 4 is 5.97 Å². The minimum atomic E-state index is -5.01. The van der Waals surface area contributed by atoms with Gasteiger partial charge in [-0.25, -0.2) is 4.79 Å². The van der Waals surface area contributed by atoms with Gasteiger partial charge in [-0.2, -0.15) is 26.3 Å². The molecule has 1 atom stereocenters. The van der Waals surface area contributed by atoms with Gasteiger partial charge in [-0.15, -0.1) is 0 Å². The number of nitrogens with two attached hydrogens (primary N) is 1. The summed E-state index contributed by atoms with van der Waals surface area (Å²) in [6.45, 7) is 0.967. The summed E-state index contributed by atoms with van der Waals surface area (Å²) in [5.74, 6) is -1.16. The highest BCUT2D eigenvalue weighted by molar-refractivity contribution is 5.81. The summed E-state index contributed by atoms with van der Waals surface area (Å²) in [7, 11) is 0.922. The maximum atomic E-state index is 12.7. The first-order valence-electron chi connectivity index (χ1n) is 5.47. The van der Waals surface area contributed by atoms with Gasteiger partial charge >= 0.3 is 18.3 Å². The second-order valence-corrected chi connectivity index (χ2v) is 4.49. The van der Waals surface area contributed by atoms with Gasteiger partial charge in [0, 0.05) is 0 Å². The van der Waals surface area contributed by atoms with Crippen LogP contribution in [0.25, 0.3) is 0 Å². The van der Waals surface area contributed by atoms with Crippen molar-refractivity contribution in [2.45, 2.75) is 24.8 Å². The van der Waals surface area contributed by atoms with Crippen LogP contribution in [0.2, 0.25) is 0 Å². The van der Waals surface area contributed by atoms with Crippen LogP contribution in [0.5, 0.6) is 0 Å². The van der Waals surface area contributed by atoms with Gasteiger partial charge in [-0.05, 0) is 30.7 Å². The summed E-state index contributed by atoms with van der Waals surface area (Å²) in [5, 5.41) is 0. The summed E-state index contributed by atoms with van der Waals surface area (Å²) >= 11 is 0. The number of alkyl halides is 6. The topological polar surface area (TPSA) is 52.3 Å². The quantitative estimate of drug-likeness (QED) is 0.674. The molecule has 1 unspecified atom stereocenters. The number of methoxy groups -OCH3 is 1. The van der Waals surface area contributed by atoms with Gasteiger partial charge in [0.15, 0.2) is 0 Å². The van der Waals surface area contributed by atoms with Crippen LogP contribution in [0.4, 0.5) is 26.3 Å². The highest BCUT2D eigenvalue weighted by Gasteiger charge is 2.40. The fraction of sp³-hybridized carbons (Fsp3) is 0.417. The molecular weight excluding hydrogens is 304 g/mol. The molecule has 0 heterocycles. The fourth-order valence-corrected chi connectivity index (χ4v) is 1.58. The molecule has 0 fully saturated rings. The molecule has 0 radical (unpaired) electrons. The zero-order valence-electron chi connectivity index (χ0n) is 10.9. The first-order chi connectivity index (χ1) is 9.30. The number of esters is 1. The van der Waals surface area contributed by atoms with Gasteiger partial charge in [0.25, 0.3) is 0 Å². The van der Waals surface area contributed by atoms with Crippen molar-refractivity contribution in [1.82, 2.24) is 0 Å². The lowest BCUT2D eigenvalue weighted by Crippen LogP contribution is -2.43. The molecule has 1 rings (SSSR count). The largest absolute Gasteiger partial charge is 0.467 e. The van der Waals surface area contributed by atoms with Crippen molar-refractivity contribution in [3.63, 3.8) is 0 Å². The average molecular weight is 315 g/mol. The predicted octanol–water partition coefficient (Wildman–Crippen LogP) is 3.07. The van der Waals surface area contributed by atoms with Crippen molar-refractivity contribution in [3.05, 3.63) is 34.9 Å². The van der Waals surface area contributed by atoms with E-state index in [0.717, 1.165) is 14.0 Å². The molecule has 21 heavy (non-hydrogen) atoms. The van der Waals surface area contributed by atoms with E-state index in [1.54, 1.807) is 0 Å². The molecule has 0 saturated heterocycles. The summed E-state index contributed by atoms with van der Waals surface area (Å²) in [4.78, 5) is 11.4. The molecule has 0 bridgehead atoms. The number of carbonyl (C=O) groups is 1. The van der Waals surface area contributed by atoms with Gasteiger partial charge in [-0.3, -0.25) is 0 Å². The molecule has 3 nitrogen and oxygen atoms in total. The molecule has 2 N–H and O–H groups in total. The first kappa shape index (κ1) is 17.3. The molecule has 9 heteroatoms. The van der Waals surface area contributed by atoms with E-state index in [4.69, 9.17) is 5.73 Å². The van der Waals surface area contributed by atoms with E-state index in [1.807, 2.05) is 0 Å². The van der Waals surface area contributed by atoms with E-state index in [1.165, 1.54) is 0 Å². The zero-order valence-corrected chi connectivity index (χ0v) is 10.9. The van der Waals surface area contributed by atoms with Crippen molar-refractivity contribution in [1.29, 1.82) is 0 Å². The van der Waals surface area contributed by atoms with Crippen LogP contribution < -0.4 is 5.73 Å². The lowest BCUT2D eigenvalue weighted by Gasteiger charge is -2.24. The number of hydrogen-bond acceptors (Lipinski definition) is 3. The van der Waals surface area contributed by atoms with E-state index in [9.17, 15) is 31.1 Å². The van der Waals surface area contributed by atoms with E-state index >= 15 is 0 Å². The van der Waals surface area contributed by atoms with E-state index in [-0.39, 0.29) is 6.07 Å². The van der Waals surface area contributed by atoms with Gasteiger partial charge in [0.1, 0.15) is 5.54 Å². The average Bonchev–Trinajstić information content (AvgIpc) is 2.35. The zero-order chi connectivity index (χ0) is 16.6. The molecule has 0 spiro atoms. The van der Waals surface area contributed by atoms with Gasteiger partial charge < -0.3 is 10.5 Å². The van der Waals surface area contributed by atoms with Crippen LogP contribution >= 0.6 is 0 Å². The normalized spacial score (nSPS) is 15.5. The SMILES string of the molecule is COC(=O)C(C)(N)c1cc(C(F)(F)F)cc(C(F)(F)F)c1. The fourth-order valence-electron chi connectivity index (χ4n) is 1.58. The molecule has 0 aromatic heterocycles. The highest BCUT2D eigenvalue weighted by Crippen LogP contribution is 2.38. The van der Waals surface area contributed by atoms with Crippen LogP contribution in [-0.4, -0.2) is 13.1 Å². The maximum absolute atomic E-state index is 12.7. The number of carbonyl (C=O) groups excluding carboxylic acids is 1. The number of ether oxygens (including phenoxy) is 1. The van der Waals surface area contributed by atoms with Gasteiger partial charge in [-0.1, -0.05) is 0 Å². The molecule has 1 aromatic carbocycles. The first-order valence-corrected chi connectivity index (χ1v) is 5.47. The Kier molecular flexibility index (Phi) is 4.29. The second-order valence-electron chi connectivity index (χ2n) is 4.49. The molecule has 0 aliphatic heterocycles. The number of rotatable bonds is 2. The molecule has 0 saturated carbocycles. The van der Waals surface area contributed by atoms with Gasteiger partial charge in [0.05, 0.1) is 18.2 Å². The molecule has 118 valence electrons. The van der Waals surface area contributed by atoms with Crippen molar-refractivity contribution in [2.75, 3.05) is 7.11 Å². The predicted molar refractivity (Wildman–Crippen MR) is 60.0 cm³/mol.